The van der Waals surface area contributed by atoms with Gasteiger partial charge in [0.2, 0.25) is 11.8 Å². The molecule has 2 amide bonds. The summed E-state index contributed by atoms with van der Waals surface area (Å²) in [5.74, 6) is -0.905. The summed E-state index contributed by atoms with van der Waals surface area (Å²) in [5, 5.41) is 14.8. The molecule has 2 aromatic rings. The Kier molecular flexibility index (Phi) is 4.38. The maximum atomic E-state index is 13.0. The van der Waals surface area contributed by atoms with Gasteiger partial charge in [-0.1, -0.05) is 42.5 Å². The second-order valence-electron chi connectivity index (χ2n) is 8.13. The second-order valence-corrected chi connectivity index (χ2v) is 8.13. The summed E-state index contributed by atoms with van der Waals surface area (Å²) >= 11 is 0. The van der Waals surface area contributed by atoms with Gasteiger partial charge in [-0.3, -0.25) is 19.7 Å². The molecule has 7 heteroatoms. The van der Waals surface area contributed by atoms with E-state index >= 15 is 0 Å². The maximum Gasteiger partial charge on any atom is 0.294 e. The van der Waals surface area contributed by atoms with Gasteiger partial charge >= 0.3 is 0 Å². The van der Waals surface area contributed by atoms with Gasteiger partial charge in [0.1, 0.15) is 5.69 Å². The first-order valence-corrected chi connectivity index (χ1v) is 10.2. The zero-order valence-corrected chi connectivity index (χ0v) is 16.2. The quantitative estimate of drug-likeness (QED) is 0.345. The third-order valence-electron chi connectivity index (χ3n) is 6.48. The van der Waals surface area contributed by atoms with E-state index < -0.39 is 4.92 Å². The van der Waals surface area contributed by atoms with Crippen molar-refractivity contribution in [1.82, 2.24) is 0 Å². The zero-order valence-electron chi connectivity index (χ0n) is 16.2. The maximum absolute atomic E-state index is 13.0. The molecule has 0 unspecified atom stereocenters. The molecule has 2 bridgehead atoms. The Bertz CT molecular complexity index is 1040. The molecule has 1 aliphatic heterocycles. The fraction of sp³-hybridized carbons (Fsp3) is 0.304. The first-order chi connectivity index (χ1) is 14.5. The molecule has 0 spiro atoms. The molecule has 7 nitrogen and oxygen atoms in total. The van der Waals surface area contributed by atoms with Crippen molar-refractivity contribution >= 4 is 28.9 Å². The number of nitrogens with zero attached hydrogens (tertiary/aromatic N) is 2. The Morgan fingerprint density at radius 1 is 1.00 bits per heavy atom. The number of carbonyl (C=O) groups is 2. The first-order valence-electron chi connectivity index (χ1n) is 10.2. The predicted octanol–water partition coefficient (Wildman–Crippen LogP) is 3.56. The smallest absolute Gasteiger partial charge is 0.294 e. The minimum Gasteiger partial charge on any atom is -0.379 e. The normalized spacial score (nSPS) is 26.3. The van der Waals surface area contributed by atoms with Crippen LogP contribution in [-0.4, -0.2) is 23.3 Å². The Balaban J connectivity index is 1.37. The van der Waals surface area contributed by atoms with E-state index in [1.165, 1.54) is 6.07 Å². The van der Waals surface area contributed by atoms with E-state index in [0.29, 0.717) is 12.2 Å². The average Bonchev–Trinajstić information content (AvgIpc) is 3.43. The number of imide groups is 1. The van der Waals surface area contributed by atoms with Crippen LogP contribution in [0, 0.1) is 33.8 Å². The Labute approximate surface area is 173 Å². The molecular weight excluding hydrogens is 382 g/mol. The van der Waals surface area contributed by atoms with Gasteiger partial charge in [0.05, 0.1) is 22.4 Å². The second kappa shape index (κ2) is 7.09. The van der Waals surface area contributed by atoms with Crippen LogP contribution in [0.3, 0.4) is 0 Å². The standard InChI is InChI=1S/C23H21N3O4/c27-22-20-15-6-7-16(12-15)21(20)23(28)25(22)17-8-9-18(19(13-17)26(29)30)24-11-10-14-4-2-1-3-5-14/h1-9,13,15-16,20-21,24H,10-12H2/t15-,16-,20-,21+/m0/s1. The van der Waals surface area contributed by atoms with Crippen LogP contribution in [0.15, 0.2) is 60.7 Å². The number of nitro groups is 1. The number of carbonyl (C=O) groups excluding carboxylic acids is 2. The highest BCUT2D eigenvalue weighted by Gasteiger charge is 2.59. The lowest BCUT2D eigenvalue weighted by Crippen LogP contribution is -2.32. The van der Waals surface area contributed by atoms with Crippen LogP contribution in [0.2, 0.25) is 0 Å². The van der Waals surface area contributed by atoms with Crippen molar-refractivity contribution in [3.8, 4) is 0 Å². The van der Waals surface area contributed by atoms with Crippen molar-refractivity contribution in [2.75, 3.05) is 16.8 Å². The third-order valence-corrected chi connectivity index (χ3v) is 6.48. The Hall–Kier alpha value is -3.48. The van der Waals surface area contributed by atoms with E-state index in [9.17, 15) is 19.7 Å². The Morgan fingerprint density at radius 3 is 2.30 bits per heavy atom. The van der Waals surface area contributed by atoms with Gasteiger partial charge in [-0.25, -0.2) is 4.90 Å². The summed E-state index contributed by atoms with van der Waals surface area (Å²) in [6.07, 6.45) is 5.64. The number of fused-ring (bicyclic) bond motifs is 5. The first kappa shape index (κ1) is 18.5. The molecule has 1 heterocycles. The van der Waals surface area contributed by atoms with E-state index in [1.807, 2.05) is 42.5 Å². The lowest BCUT2D eigenvalue weighted by Gasteiger charge is -2.18. The summed E-state index contributed by atoms with van der Waals surface area (Å²) < 4.78 is 0. The lowest BCUT2D eigenvalue weighted by atomic mass is 9.85. The molecule has 30 heavy (non-hydrogen) atoms. The molecule has 5 rings (SSSR count). The monoisotopic (exact) mass is 403 g/mol. The number of rotatable bonds is 6. The number of hydrogen-bond acceptors (Lipinski definition) is 5. The van der Waals surface area contributed by atoms with Gasteiger partial charge in [0, 0.05) is 12.6 Å². The predicted molar refractivity (Wildman–Crippen MR) is 112 cm³/mol. The topological polar surface area (TPSA) is 92.6 Å². The molecule has 2 aliphatic carbocycles. The zero-order chi connectivity index (χ0) is 20.8. The summed E-state index contributed by atoms with van der Waals surface area (Å²) in [6, 6.07) is 14.4. The molecule has 0 radical (unpaired) electrons. The van der Waals surface area contributed by atoms with Crippen molar-refractivity contribution in [3.63, 3.8) is 0 Å². The summed E-state index contributed by atoms with van der Waals surface area (Å²) in [5.41, 5.74) is 1.64. The van der Waals surface area contributed by atoms with Crippen molar-refractivity contribution in [1.29, 1.82) is 0 Å². The number of benzene rings is 2. The van der Waals surface area contributed by atoms with Crippen molar-refractivity contribution in [2.45, 2.75) is 12.8 Å². The highest BCUT2D eigenvalue weighted by molar-refractivity contribution is 6.23. The fourth-order valence-corrected chi connectivity index (χ4v) is 5.10. The Morgan fingerprint density at radius 2 is 1.67 bits per heavy atom. The van der Waals surface area contributed by atoms with Crippen LogP contribution >= 0.6 is 0 Å². The van der Waals surface area contributed by atoms with E-state index in [4.69, 9.17) is 0 Å². The van der Waals surface area contributed by atoms with E-state index in [2.05, 4.69) is 5.32 Å². The molecule has 2 fully saturated rings. The molecule has 4 atom stereocenters. The van der Waals surface area contributed by atoms with E-state index in [0.717, 1.165) is 23.3 Å². The fourth-order valence-electron chi connectivity index (χ4n) is 5.10. The number of amides is 2. The number of nitrogens with one attached hydrogen (secondary N) is 1. The third kappa shape index (κ3) is 2.89. The molecule has 1 saturated heterocycles. The van der Waals surface area contributed by atoms with E-state index in [-0.39, 0.29) is 46.9 Å². The van der Waals surface area contributed by atoms with Crippen LogP contribution in [0.5, 0.6) is 0 Å². The molecule has 152 valence electrons. The molecular formula is C23H21N3O4. The molecule has 3 aliphatic rings. The van der Waals surface area contributed by atoms with Gasteiger partial charge < -0.3 is 5.32 Å². The van der Waals surface area contributed by atoms with Crippen LogP contribution in [0.25, 0.3) is 0 Å². The summed E-state index contributed by atoms with van der Waals surface area (Å²) in [7, 11) is 0. The molecule has 1 N–H and O–H groups in total. The average molecular weight is 403 g/mol. The highest BCUT2D eigenvalue weighted by atomic mass is 16.6. The largest absolute Gasteiger partial charge is 0.379 e. The highest BCUT2D eigenvalue weighted by Crippen LogP contribution is 2.53. The van der Waals surface area contributed by atoms with Crippen LogP contribution < -0.4 is 10.2 Å². The van der Waals surface area contributed by atoms with Crippen molar-refractivity contribution < 1.29 is 14.5 Å². The molecule has 2 aromatic carbocycles. The lowest BCUT2D eigenvalue weighted by molar-refractivity contribution is -0.383. The molecule has 0 aromatic heterocycles. The van der Waals surface area contributed by atoms with Gasteiger partial charge in [-0.15, -0.1) is 0 Å². The van der Waals surface area contributed by atoms with Gasteiger partial charge in [0.25, 0.3) is 5.69 Å². The van der Waals surface area contributed by atoms with Gasteiger partial charge in [0.15, 0.2) is 0 Å². The van der Waals surface area contributed by atoms with Crippen molar-refractivity contribution in [3.05, 3.63) is 76.4 Å². The number of anilines is 2. The molecule has 1 saturated carbocycles. The van der Waals surface area contributed by atoms with Gasteiger partial charge in [-0.2, -0.15) is 0 Å². The minimum atomic E-state index is -0.481. The summed E-state index contributed by atoms with van der Waals surface area (Å²) in [6.45, 7) is 0.533. The SMILES string of the molecule is O=C1[C@@H]2[C@H](C(=O)N1c1ccc(NCCc3ccccc3)c([N+](=O)[O-])c1)[C@H]1C=C[C@H]2C1. The van der Waals surface area contributed by atoms with Crippen LogP contribution in [0.1, 0.15) is 12.0 Å². The van der Waals surface area contributed by atoms with Crippen LogP contribution in [-0.2, 0) is 16.0 Å². The number of hydrogen-bond donors (Lipinski definition) is 1. The number of nitro benzene ring substituents is 1. The minimum absolute atomic E-state index is 0.107. The van der Waals surface area contributed by atoms with E-state index in [1.54, 1.807) is 12.1 Å². The van der Waals surface area contributed by atoms with Crippen LogP contribution in [0.4, 0.5) is 17.1 Å². The van der Waals surface area contributed by atoms with Crippen molar-refractivity contribution in [2.24, 2.45) is 23.7 Å². The summed E-state index contributed by atoms with van der Waals surface area (Å²) in [4.78, 5) is 38.3. The number of allylic oxidation sites excluding steroid dienone is 2. The van der Waals surface area contributed by atoms with Gasteiger partial charge in [-0.05, 0) is 42.4 Å².